The first-order valence-corrected chi connectivity index (χ1v) is 3.99. The van der Waals surface area contributed by atoms with Crippen molar-refractivity contribution in [3.63, 3.8) is 0 Å². The summed E-state index contributed by atoms with van der Waals surface area (Å²) in [4.78, 5) is 4.87. The van der Waals surface area contributed by atoms with Crippen molar-refractivity contribution in [3.05, 3.63) is 0 Å². The third kappa shape index (κ3) is 3.43. The normalized spacial score (nSPS) is 21.6. The Balaban J connectivity index is 2.13. The van der Waals surface area contributed by atoms with E-state index in [9.17, 15) is 0 Å². The lowest BCUT2D eigenvalue weighted by Gasteiger charge is -2.01. The Kier molecular flexibility index (Phi) is 3.91. The van der Waals surface area contributed by atoms with E-state index in [2.05, 4.69) is 10.4 Å². The maximum Gasteiger partial charge on any atom is 0.119 e. The zero-order valence-electron chi connectivity index (χ0n) is 6.25. The fraction of sp³-hybridized carbons (Fsp3) is 1.00. The van der Waals surface area contributed by atoms with Gasteiger partial charge in [-0.25, -0.2) is 0 Å². The summed E-state index contributed by atoms with van der Waals surface area (Å²) < 4.78 is 0. The topological polar surface area (TPSA) is 34.0 Å². The molecule has 0 aromatic carbocycles. The van der Waals surface area contributed by atoms with Crippen LogP contribution in [0.3, 0.4) is 0 Å². The van der Waals surface area contributed by atoms with Gasteiger partial charge < -0.3 is 4.84 Å². The summed E-state index contributed by atoms with van der Waals surface area (Å²) >= 11 is 0. The van der Waals surface area contributed by atoms with E-state index in [-0.39, 0.29) is 0 Å². The van der Waals surface area contributed by atoms with Gasteiger partial charge in [0.1, 0.15) is 6.61 Å². The fourth-order valence-corrected chi connectivity index (χ4v) is 1.00. The van der Waals surface area contributed by atoms with Crippen LogP contribution in [-0.4, -0.2) is 13.2 Å². The standard InChI is InChI=1S/C7H14N2O/c1-2-4-6-8-9-10-7-5-3-1/h1-7H2. The Morgan fingerprint density at radius 1 is 0.900 bits per heavy atom. The van der Waals surface area contributed by atoms with Gasteiger partial charge in [-0.05, 0) is 19.3 Å². The summed E-state index contributed by atoms with van der Waals surface area (Å²) in [6, 6.07) is 0. The van der Waals surface area contributed by atoms with Gasteiger partial charge in [-0.2, -0.15) is 5.11 Å². The smallest absolute Gasteiger partial charge is 0.119 e. The van der Waals surface area contributed by atoms with Crippen LogP contribution in [0.1, 0.15) is 32.1 Å². The van der Waals surface area contributed by atoms with Crippen molar-refractivity contribution in [2.75, 3.05) is 13.2 Å². The third-order valence-electron chi connectivity index (χ3n) is 1.61. The van der Waals surface area contributed by atoms with Crippen LogP contribution in [0.25, 0.3) is 0 Å². The molecule has 1 aliphatic heterocycles. The van der Waals surface area contributed by atoms with Gasteiger partial charge in [-0.3, -0.25) is 0 Å². The zero-order chi connectivity index (χ0) is 7.07. The molecule has 0 fully saturated rings. The van der Waals surface area contributed by atoms with Crippen LogP contribution >= 0.6 is 0 Å². The summed E-state index contributed by atoms with van der Waals surface area (Å²) in [5.74, 6) is 0. The second-order valence-corrected chi connectivity index (χ2v) is 2.55. The Hall–Kier alpha value is -0.600. The highest BCUT2D eigenvalue weighted by Crippen LogP contribution is 2.05. The molecule has 0 aromatic heterocycles. The number of hydrogen-bond acceptors (Lipinski definition) is 3. The number of hydrogen-bond donors (Lipinski definition) is 0. The minimum absolute atomic E-state index is 0.740. The Morgan fingerprint density at radius 2 is 1.70 bits per heavy atom. The average molecular weight is 142 g/mol. The molecule has 0 unspecified atom stereocenters. The second kappa shape index (κ2) is 5.21. The highest BCUT2D eigenvalue weighted by atomic mass is 16.6. The predicted molar refractivity (Wildman–Crippen MR) is 38.8 cm³/mol. The molecule has 0 radical (unpaired) electrons. The van der Waals surface area contributed by atoms with Crippen LogP contribution < -0.4 is 0 Å². The molecule has 0 spiro atoms. The van der Waals surface area contributed by atoms with E-state index in [0.717, 1.165) is 26.0 Å². The fourth-order valence-electron chi connectivity index (χ4n) is 1.00. The van der Waals surface area contributed by atoms with Crippen LogP contribution in [-0.2, 0) is 4.84 Å². The quantitative estimate of drug-likeness (QED) is 0.511. The highest BCUT2D eigenvalue weighted by Gasteiger charge is 1.92. The second-order valence-electron chi connectivity index (χ2n) is 2.55. The van der Waals surface area contributed by atoms with Gasteiger partial charge >= 0.3 is 0 Å². The van der Waals surface area contributed by atoms with E-state index < -0.39 is 0 Å². The molecule has 0 saturated heterocycles. The molecule has 1 aliphatic rings. The molecule has 0 saturated carbocycles. The minimum Gasteiger partial charge on any atom is -0.380 e. The third-order valence-corrected chi connectivity index (χ3v) is 1.61. The van der Waals surface area contributed by atoms with E-state index in [1.54, 1.807) is 0 Å². The van der Waals surface area contributed by atoms with E-state index in [1.807, 2.05) is 0 Å². The summed E-state index contributed by atoms with van der Waals surface area (Å²) in [6.07, 6.45) is 6.17. The van der Waals surface area contributed by atoms with Crippen molar-refractivity contribution >= 4 is 0 Å². The molecule has 0 aromatic rings. The van der Waals surface area contributed by atoms with Gasteiger partial charge in [0, 0.05) is 5.28 Å². The molecule has 58 valence electrons. The van der Waals surface area contributed by atoms with Crippen LogP contribution in [0.15, 0.2) is 10.4 Å². The van der Waals surface area contributed by atoms with Crippen molar-refractivity contribution in [2.24, 2.45) is 10.4 Å². The lowest BCUT2D eigenvalue weighted by molar-refractivity contribution is 0.116. The van der Waals surface area contributed by atoms with Gasteiger partial charge in [0.05, 0.1) is 6.54 Å². The first kappa shape index (κ1) is 7.51. The lowest BCUT2D eigenvalue weighted by Crippen LogP contribution is -1.91. The van der Waals surface area contributed by atoms with Gasteiger partial charge in [0.15, 0.2) is 0 Å². The number of rotatable bonds is 0. The molecule has 0 amide bonds. The summed E-state index contributed by atoms with van der Waals surface area (Å²) in [6.45, 7) is 1.57. The molecule has 0 N–H and O–H groups in total. The van der Waals surface area contributed by atoms with Crippen LogP contribution in [0.5, 0.6) is 0 Å². The highest BCUT2D eigenvalue weighted by molar-refractivity contribution is 4.46. The predicted octanol–water partition coefficient (Wildman–Crippen LogP) is 2.33. The molecule has 1 heterocycles. The maximum atomic E-state index is 4.87. The lowest BCUT2D eigenvalue weighted by atomic mass is 10.1. The molecule has 3 nitrogen and oxygen atoms in total. The molecule has 0 atom stereocenters. The first-order valence-electron chi connectivity index (χ1n) is 3.99. The molecule has 1 rings (SSSR count). The van der Waals surface area contributed by atoms with Gasteiger partial charge in [-0.15, -0.1) is 0 Å². The van der Waals surface area contributed by atoms with Crippen molar-refractivity contribution < 1.29 is 4.84 Å². The maximum absolute atomic E-state index is 4.87. The monoisotopic (exact) mass is 142 g/mol. The van der Waals surface area contributed by atoms with E-state index in [0.29, 0.717) is 0 Å². The largest absolute Gasteiger partial charge is 0.380 e. The summed E-state index contributed by atoms with van der Waals surface area (Å²) in [7, 11) is 0. The van der Waals surface area contributed by atoms with E-state index in [1.165, 1.54) is 19.3 Å². The van der Waals surface area contributed by atoms with Gasteiger partial charge in [0.25, 0.3) is 0 Å². The van der Waals surface area contributed by atoms with Gasteiger partial charge in [0.2, 0.25) is 0 Å². The molecule has 3 heteroatoms. The number of nitrogens with zero attached hydrogens (tertiary/aromatic N) is 2. The molecule has 10 heavy (non-hydrogen) atoms. The van der Waals surface area contributed by atoms with E-state index in [4.69, 9.17) is 4.84 Å². The first-order chi connectivity index (χ1) is 5.00. The van der Waals surface area contributed by atoms with Crippen LogP contribution in [0.2, 0.25) is 0 Å². The Bertz CT molecular complexity index is 91.8. The average Bonchev–Trinajstić information content (AvgIpc) is 2.01. The molecule has 0 bridgehead atoms. The van der Waals surface area contributed by atoms with E-state index >= 15 is 0 Å². The summed E-state index contributed by atoms with van der Waals surface area (Å²) in [5, 5.41) is 7.39. The van der Waals surface area contributed by atoms with Crippen molar-refractivity contribution in [1.29, 1.82) is 0 Å². The Morgan fingerprint density at radius 3 is 2.70 bits per heavy atom. The van der Waals surface area contributed by atoms with Crippen LogP contribution in [0, 0.1) is 0 Å². The van der Waals surface area contributed by atoms with Crippen molar-refractivity contribution in [3.8, 4) is 0 Å². The minimum atomic E-state index is 0.740. The molecular weight excluding hydrogens is 128 g/mol. The summed E-state index contributed by atoms with van der Waals surface area (Å²) in [5.41, 5.74) is 0. The SMILES string of the molecule is C1CCCN=NOCCC1. The van der Waals surface area contributed by atoms with Crippen molar-refractivity contribution in [2.45, 2.75) is 32.1 Å². The van der Waals surface area contributed by atoms with Crippen LogP contribution in [0.4, 0.5) is 0 Å². The molecule has 0 aliphatic carbocycles. The van der Waals surface area contributed by atoms with Crippen molar-refractivity contribution in [1.82, 2.24) is 0 Å². The zero-order valence-corrected chi connectivity index (χ0v) is 6.25. The van der Waals surface area contributed by atoms with Gasteiger partial charge in [-0.1, -0.05) is 12.8 Å². The Labute approximate surface area is 61.4 Å². The molecular formula is C7H14N2O.